The molecule has 1 unspecified atom stereocenters. The lowest BCUT2D eigenvalue weighted by Crippen LogP contribution is -2.14. The molecule has 24 heavy (non-hydrogen) atoms. The first-order chi connectivity index (χ1) is 11.6. The maximum atomic E-state index is 12.5. The van der Waals surface area contributed by atoms with Crippen LogP contribution in [0.25, 0.3) is 5.69 Å². The molecule has 1 heterocycles. The third-order valence-corrected chi connectivity index (χ3v) is 5.12. The molecule has 2 aromatic carbocycles. The van der Waals surface area contributed by atoms with Crippen LogP contribution in [0.5, 0.6) is 0 Å². The first kappa shape index (κ1) is 16.7. The molecule has 0 saturated carbocycles. The zero-order chi connectivity index (χ0) is 17.1. The largest absolute Gasteiger partial charge is 0.293 e. The van der Waals surface area contributed by atoms with Crippen LogP contribution in [0.3, 0.4) is 0 Å². The molecule has 1 aromatic heterocycles. The Hall–Kier alpha value is -2.11. The van der Waals surface area contributed by atoms with E-state index in [0.29, 0.717) is 15.7 Å². The summed E-state index contributed by atoms with van der Waals surface area (Å²) in [5.74, 6) is 0.0667. The van der Waals surface area contributed by atoms with Crippen molar-refractivity contribution in [3.8, 4) is 5.69 Å². The van der Waals surface area contributed by atoms with Crippen molar-refractivity contribution in [2.75, 3.05) is 0 Å². The second kappa shape index (κ2) is 7.20. The highest BCUT2D eigenvalue weighted by Gasteiger charge is 2.19. The topological polar surface area (TPSA) is 47.8 Å². The normalized spacial score (nSPS) is 12.1. The number of benzene rings is 2. The van der Waals surface area contributed by atoms with Gasteiger partial charge < -0.3 is 0 Å². The van der Waals surface area contributed by atoms with Crippen molar-refractivity contribution in [1.29, 1.82) is 0 Å². The van der Waals surface area contributed by atoms with Gasteiger partial charge in [-0.15, -0.1) is 10.2 Å². The van der Waals surface area contributed by atoms with Crippen LogP contribution in [-0.4, -0.2) is 25.8 Å². The van der Waals surface area contributed by atoms with Gasteiger partial charge in [0, 0.05) is 10.6 Å². The molecule has 0 aliphatic rings. The van der Waals surface area contributed by atoms with Gasteiger partial charge in [0.05, 0.1) is 10.9 Å². The van der Waals surface area contributed by atoms with Crippen molar-refractivity contribution >= 4 is 29.1 Å². The zero-order valence-electron chi connectivity index (χ0n) is 13.3. The zero-order valence-corrected chi connectivity index (χ0v) is 14.9. The first-order valence-corrected chi connectivity index (χ1v) is 8.74. The molecule has 0 fully saturated rings. The summed E-state index contributed by atoms with van der Waals surface area (Å²) in [6, 6.07) is 15.0. The lowest BCUT2D eigenvalue weighted by atomic mass is 10.1. The molecule has 0 radical (unpaired) electrons. The molecule has 0 saturated heterocycles. The van der Waals surface area contributed by atoms with Crippen LogP contribution in [0.1, 0.15) is 22.8 Å². The number of ketones is 1. The Bertz CT molecular complexity index is 864. The maximum Gasteiger partial charge on any atom is 0.196 e. The van der Waals surface area contributed by atoms with Crippen LogP contribution in [0.2, 0.25) is 5.02 Å². The van der Waals surface area contributed by atoms with Crippen LogP contribution in [-0.2, 0) is 0 Å². The van der Waals surface area contributed by atoms with Crippen LogP contribution >= 0.6 is 23.4 Å². The highest BCUT2D eigenvalue weighted by Crippen LogP contribution is 2.27. The fraction of sp³-hybridized carbons (Fsp3) is 0.167. The number of halogens is 1. The summed E-state index contributed by atoms with van der Waals surface area (Å²) in [7, 11) is 0. The van der Waals surface area contributed by atoms with Gasteiger partial charge in [0.2, 0.25) is 0 Å². The number of Topliss-reactive ketones (excluding diaryl/α,β-unsaturated/α-hetero) is 1. The molecule has 4 nitrogen and oxygen atoms in total. The van der Waals surface area contributed by atoms with Gasteiger partial charge in [-0.05, 0) is 31.5 Å². The minimum Gasteiger partial charge on any atom is -0.293 e. The quantitative estimate of drug-likeness (QED) is 0.495. The number of thioether (sulfide) groups is 1. The third kappa shape index (κ3) is 3.52. The number of aromatic nitrogens is 3. The Labute approximate surface area is 149 Å². The van der Waals surface area contributed by atoms with E-state index in [2.05, 4.69) is 10.2 Å². The van der Waals surface area contributed by atoms with Crippen molar-refractivity contribution in [3.63, 3.8) is 0 Å². The van der Waals surface area contributed by atoms with E-state index in [-0.39, 0.29) is 11.0 Å². The summed E-state index contributed by atoms with van der Waals surface area (Å²) in [5, 5.41) is 9.19. The van der Waals surface area contributed by atoms with Gasteiger partial charge in [-0.2, -0.15) is 0 Å². The molecule has 0 amide bonds. The van der Waals surface area contributed by atoms with Gasteiger partial charge in [0.15, 0.2) is 10.9 Å². The fourth-order valence-electron chi connectivity index (χ4n) is 2.26. The first-order valence-electron chi connectivity index (χ1n) is 7.48. The Balaban J connectivity index is 1.83. The number of carbonyl (C=O) groups excluding carboxylic acids is 1. The van der Waals surface area contributed by atoms with Crippen molar-refractivity contribution < 1.29 is 4.79 Å². The molecule has 0 aliphatic carbocycles. The highest BCUT2D eigenvalue weighted by atomic mass is 35.5. The van der Waals surface area contributed by atoms with Crippen LogP contribution in [0.15, 0.2) is 60.0 Å². The number of hydrogen-bond acceptors (Lipinski definition) is 4. The smallest absolute Gasteiger partial charge is 0.196 e. The van der Waals surface area contributed by atoms with Gasteiger partial charge in [-0.25, -0.2) is 0 Å². The van der Waals surface area contributed by atoms with Crippen molar-refractivity contribution in [2.45, 2.75) is 24.3 Å². The Morgan fingerprint density at radius 2 is 1.96 bits per heavy atom. The summed E-state index contributed by atoms with van der Waals surface area (Å²) >= 11 is 7.59. The van der Waals surface area contributed by atoms with E-state index in [1.165, 1.54) is 11.8 Å². The number of hydrogen-bond donors (Lipinski definition) is 0. The minimum atomic E-state index is -0.267. The summed E-state index contributed by atoms with van der Waals surface area (Å²) in [6.07, 6.45) is 1.63. The Morgan fingerprint density at radius 3 is 2.67 bits per heavy atom. The van der Waals surface area contributed by atoms with E-state index in [0.717, 1.165) is 11.3 Å². The van der Waals surface area contributed by atoms with Gasteiger partial charge in [-0.3, -0.25) is 9.36 Å². The van der Waals surface area contributed by atoms with Crippen LogP contribution < -0.4 is 0 Å². The van der Waals surface area contributed by atoms with Crippen LogP contribution in [0.4, 0.5) is 0 Å². The molecule has 6 heteroatoms. The van der Waals surface area contributed by atoms with Crippen LogP contribution in [0, 0.1) is 6.92 Å². The predicted octanol–water partition coefficient (Wildman–Crippen LogP) is 4.59. The number of nitrogens with zero attached hydrogens (tertiary/aromatic N) is 3. The second-order valence-corrected chi connectivity index (χ2v) is 7.12. The van der Waals surface area contributed by atoms with Crippen molar-refractivity contribution in [1.82, 2.24) is 14.8 Å². The maximum absolute atomic E-state index is 12.5. The highest BCUT2D eigenvalue weighted by molar-refractivity contribution is 8.00. The molecule has 3 aromatic rings. The lowest BCUT2D eigenvalue weighted by molar-refractivity contribution is 0.0994. The standard InChI is InChI=1S/C18H16ClN3OS/c1-12-8-9-15(10-16(12)19)22-11-20-21-18(22)24-13(2)17(23)14-6-4-3-5-7-14/h3-11,13H,1-2H3. The second-order valence-electron chi connectivity index (χ2n) is 5.41. The number of rotatable bonds is 5. The third-order valence-electron chi connectivity index (χ3n) is 3.66. The summed E-state index contributed by atoms with van der Waals surface area (Å²) in [4.78, 5) is 12.5. The SMILES string of the molecule is Cc1ccc(-n2cnnc2SC(C)C(=O)c2ccccc2)cc1Cl. The van der Waals surface area contributed by atoms with E-state index in [9.17, 15) is 4.79 Å². The molecule has 0 N–H and O–H groups in total. The van der Waals surface area contributed by atoms with E-state index < -0.39 is 0 Å². The molecule has 0 bridgehead atoms. The summed E-state index contributed by atoms with van der Waals surface area (Å²) < 4.78 is 1.84. The Kier molecular flexibility index (Phi) is 5.02. The van der Waals surface area contributed by atoms with Gasteiger partial charge in [0.25, 0.3) is 0 Å². The van der Waals surface area contributed by atoms with Crippen molar-refractivity contribution in [3.05, 3.63) is 71.0 Å². The van der Waals surface area contributed by atoms with Gasteiger partial charge >= 0.3 is 0 Å². The molecule has 0 spiro atoms. The minimum absolute atomic E-state index is 0.0667. The lowest BCUT2D eigenvalue weighted by Gasteiger charge is -2.12. The average Bonchev–Trinajstić information content (AvgIpc) is 3.05. The van der Waals surface area contributed by atoms with E-state index >= 15 is 0 Å². The molecule has 0 aliphatic heterocycles. The van der Waals surface area contributed by atoms with Gasteiger partial charge in [0.1, 0.15) is 6.33 Å². The van der Waals surface area contributed by atoms with Crippen molar-refractivity contribution in [2.24, 2.45) is 0 Å². The van der Waals surface area contributed by atoms with E-state index in [1.54, 1.807) is 6.33 Å². The average molecular weight is 358 g/mol. The summed E-state index contributed by atoms with van der Waals surface area (Å²) in [6.45, 7) is 3.83. The van der Waals surface area contributed by atoms with E-state index in [1.807, 2.05) is 66.9 Å². The Morgan fingerprint density at radius 1 is 1.21 bits per heavy atom. The molecule has 122 valence electrons. The fourth-order valence-corrected chi connectivity index (χ4v) is 3.36. The predicted molar refractivity (Wildman–Crippen MR) is 97.2 cm³/mol. The number of carbonyl (C=O) groups is 1. The number of aryl methyl sites for hydroxylation is 1. The molecule has 1 atom stereocenters. The molecule has 3 rings (SSSR count). The summed E-state index contributed by atoms with van der Waals surface area (Å²) in [5.41, 5.74) is 2.58. The monoisotopic (exact) mass is 357 g/mol. The molecular weight excluding hydrogens is 342 g/mol. The van der Waals surface area contributed by atoms with E-state index in [4.69, 9.17) is 11.6 Å². The van der Waals surface area contributed by atoms with Gasteiger partial charge in [-0.1, -0.05) is 59.8 Å². The molecular formula is C18H16ClN3OS.